The van der Waals surface area contributed by atoms with Crippen LogP contribution in [0.25, 0.3) is 11.2 Å². The van der Waals surface area contributed by atoms with Crippen LogP contribution in [0.2, 0.25) is 5.15 Å². The lowest BCUT2D eigenvalue weighted by Gasteiger charge is -2.04. The van der Waals surface area contributed by atoms with Crippen molar-refractivity contribution in [2.45, 2.75) is 6.54 Å². The fourth-order valence-corrected chi connectivity index (χ4v) is 1.56. The number of fused-ring (bicyclic) bond motifs is 1. The van der Waals surface area contributed by atoms with Crippen LogP contribution in [0.1, 0.15) is 0 Å². The van der Waals surface area contributed by atoms with Gasteiger partial charge in [0.05, 0.1) is 20.0 Å². The van der Waals surface area contributed by atoms with Gasteiger partial charge in [0.2, 0.25) is 0 Å². The van der Waals surface area contributed by atoms with Crippen molar-refractivity contribution in [3.05, 3.63) is 30.0 Å². The summed E-state index contributed by atoms with van der Waals surface area (Å²) in [5, 5.41) is 0.275. The van der Waals surface area contributed by atoms with Crippen molar-refractivity contribution in [1.29, 1.82) is 0 Å². The van der Waals surface area contributed by atoms with Gasteiger partial charge in [-0.2, -0.15) is 0 Å². The van der Waals surface area contributed by atoms with E-state index >= 15 is 0 Å². The molecule has 0 aliphatic heterocycles. The number of imidazole rings is 1. The van der Waals surface area contributed by atoms with E-state index in [-0.39, 0.29) is 11.7 Å². The molecule has 0 amide bonds. The van der Waals surface area contributed by atoms with Crippen molar-refractivity contribution in [3.8, 4) is 0 Å². The van der Waals surface area contributed by atoms with E-state index in [0.29, 0.717) is 16.7 Å². The standard InChI is InChI=1S/C10H9ClN4O2/c1-6(10(16)17-2)3-15-5-14-7-8(11)12-4-13-9(7)15/h4-5H,1,3H2,2H3. The first-order valence-corrected chi connectivity index (χ1v) is 5.08. The SMILES string of the molecule is C=C(Cn1cnc2c(Cl)ncnc21)C(=O)OC. The van der Waals surface area contributed by atoms with Crippen LogP contribution >= 0.6 is 11.6 Å². The lowest BCUT2D eigenvalue weighted by Crippen LogP contribution is -2.10. The third-order valence-electron chi connectivity index (χ3n) is 2.19. The molecule has 88 valence electrons. The maximum absolute atomic E-state index is 11.2. The Balaban J connectivity index is 2.34. The lowest BCUT2D eigenvalue weighted by atomic mass is 10.3. The second-order valence-corrected chi connectivity index (χ2v) is 3.66. The van der Waals surface area contributed by atoms with Crippen LogP contribution in [-0.4, -0.2) is 32.6 Å². The van der Waals surface area contributed by atoms with Gasteiger partial charge in [0.1, 0.15) is 11.8 Å². The van der Waals surface area contributed by atoms with Crippen molar-refractivity contribution >= 4 is 28.7 Å². The molecule has 0 saturated carbocycles. The number of methoxy groups -OCH3 is 1. The first-order chi connectivity index (χ1) is 8.13. The van der Waals surface area contributed by atoms with Gasteiger partial charge in [-0.3, -0.25) is 0 Å². The highest BCUT2D eigenvalue weighted by molar-refractivity contribution is 6.33. The van der Waals surface area contributed by atoms with Gasteiger partial charge in [-0.05, 0) is 0 Å². The Morgan fingerprint density at radius 3 is 3.00 bits per heavy atom. The summed E-state index contributed by atoms with van der Waals surface area (Å²) in [6.45, 7) is 3.88. The number of hydrogen-bond acceptors (Lipinski definition) is 5. The highest BCUT2D eigenvalue weighted by atomic mass is 35.5. The number of ether oxygens (including phenoxy) is 1. The molecular formula is C10H9ClN4O2. The minimum atomic E-state index is -0.466. The normalized spacial score (nSPS) is 10.5. The molecule has 0 spiro atoms. The number of esters is 1. The third-order valence-corrected chi connectivity index (χ3v) is 2.47. The molecule has 0 atom stereocenters. The van der Waals surface area contributed by atoms with Gasteiger partial charge in [0, 0.05) is 5.57 Å². The predicted octanol–water partition coefficient (Wildman–Crippen LogP) is 1.21. The number of hydrogen-bond donors (Lipinski definition) is 0. The number of nitrogens with zero attached hydrogens (tertiary/aromatic N) is 4. The molecule has 0 saturated heterocycles. The number of carbonyl (C=O) groups is 1. The number of halogens is 1. The molecule has 2 aromatic rings. The molecule has 2 aromatic heterocycles. The highest BCUT2D eigenvalue weighted by Crippen LogP contribution is 2.17. The van der Waals surface area contributed by atoms with E-state index in [4.69, 9.17) is 11.6 Å². The van der Waals surface area contributed by atoms with Gasteiger partial charge in [0.15, 0.2) is 10.8 Å². The van der Waals surface area contributed by atoms with Crippen LogP contribution < -0.4 is 0 Å². The van der Waals surface area contributed by atoms with Crippen molar-refractivity contribution < 1.29 is 9.53 Å². The minimum Gasteiger partial charge on any atom is -0.466 e. The Hall–Kier alpha value is -1.95. The molecule has 6 nitrogen and oxygen atoms in total. The number of carbonyl (C=O) groups excluding carboxylic acids is 1. The topological polar surface area (TPSA) is 69.9 Å². The van der Waals surface area contributed by atoms with Crippen LogP contribution in [0.4, 0.5) is 0 Å². The molecule has 17 heavy (non-hydrogen) atoms. The molecule has 0 aliphatic carbocycles. The fraction of sp³-hybridized carbons (Fsp3) is 0.200. The summed E-state index contributed by atoms with van der Waals surface area (Å²) in [4.78, 5) is 23.2. The largest absolute Gasteiger partial charge is 0.466 e. The van der Waals surface area contributed by atoms with Gasteiger partial charge >= 0.3 is 5.97 Å². The summed E-state index contributed by atoms with van der Waals surface area (Å²) in [7, 11) is 1.30. The summed E-state index contributed by atoms with van der Waals surface area (Å²) < 4.78 is 6.22. The van der Waals surface area contributed by atoms with Gasteiger partial charge in [-0.15, -0.1) is 0 Å². The van der Waals surface area contributed by atoms with Gasteiger partial charge in [-0.25, -0.2) is 19.7 Å². The highest BCUT2D eigenvalue weighted by Gasteiger charge is 2.12. The van der Waals surface area contributed by atoms with E-state index in [1.165, 1.54) is 19.8 Å². The van der Waals surface area contributed by atoms with E-state index in [1.807, 2.05) is 0 Å². The molecule has 2 rings (SSSR count). The van der Waals surface area contributed by atoms with E-state index in [0.717, 1.165) is 0 Å². The molecule has 0 fully saturated rings. The van der Waals surface area contributed by atoms with Gasteiger partial charge < -0.3 is 9.30 Å². The van der Waals surface area contributed by atoms with Crippen LogP contribution in [0, 0.1) is 0 Å². The smallest absolute Gasteiger partial charge is 0.334 e. The van der Waals surface area contributed by atoms with Crippen LogP contribution in [0.3, 0.4) is 0 Å². The first-order valence-electron chi connectivity index (χ1n) is 4.71. The Morgan fingerprint density at radius 1 is 1.53 bits per heavy atom. The molecule has 0 unspecified atom stereocenters. The average Bonchev–Trinajstić information content (AvgIpc) is 2.73. The molecular weight excluding hydrogens is 244 g/mol. The first kappa shape index (κ1) is 11.5. The Labute approximate surface area is 102 Å². The summed E-state index contributed by atoms with van der Waals surface area (Å²) in [6, 6.07) is 0. The van der Waals surface area contributed by atoms with Crippen molar-refractivity contribution in [1.82, 2.24) is 19.5 Å². The Morgan fingerprint density at radius 2 is 2.29 bits per heavy atom. The van der Waals surface area contributed by atoms with Crippen molar-refractivity contribution in [2.24, 2.45) is 0 Å². The summed E-state index contributed by atoms with van der Waals surface area (Å²) in [6.07, 6.45) is 2.86. The molecule has 0 bridgehead atoms. The molecule has 0 N–H and O–H groups in total. The van der Waals surface area contributed by atoms with Crippen molar-refractivity contribution in [3.63, 3.8) is 0 Å². The minimum absolute atomic E-state index is 0.247. The quantitative estimate of drug-likeness (QED) is 0.467. The number of rotatable bonds is 3. The van der Waals surface area contributed by atoms with Gasteiger partial charge in [0.25, 0.3) is 0 Å². The van der Waals surface area contributed by atoms with Crippen LogP contribution in [0.5, 0.6) is 0 Å². The van der Waals surface area contributed by atoms with E-state index in [2.05, 4.69) is 26.3 Å². The zero-order valence-corrected chi connectivity index (χ0v) is 9.81. The Bertz CT molecular complexity index is 593. The third kappa shape index (κ3) is 2.12. The van der Waals surface area contributed by atoms with Gasteiger partial charge in [-0.1, -0.05) is 18.2 Å². The predicted molar refractivity (Wildman–Crippen MR) is 61.5 cm³/mol. The average molecular weight is 253 g/mol. The second kappa shape index (κ2) is 4.50. The summed E-state index contributed by atoms with van der Waals surface area (Å²) in [5.74, 6) is -0.466. The monoisotopic (exact) mass is 252 g/mol. The number of aromatic nitrogens is 4. The zero-order valence-electron chi connectivity index (χ0n) is 9.05. The molecule has 2 heterocycles. The van der Waals surface area contributed by atoms with E-state index in [9.17, 15) is 4.79 Å². The van der Waals surface area contributed by atoms with Crippen LogP contribution in [0.15, 0.2) is 24.8 Å². The summed E-state index contributed by atoms with van der Waals surface area (Å²) in [5.41, 5.74) is 1.35. The summed E-state index contributed by atoms with van der Waals surface area (Å²) >= 11 is 5.86. The zero-order chi connectivity index (χ0) is 12.4. The Kier molecular flexibility index (Phi) is 3.06. The fourth-order valence-electron chi connectivity index (χ4n) is 1.38. The second-order valence-electron chi connectivity index (χ2n) is 3.30. The molecule has 0 radical (unpaired) electrons. The maximum atomic E-state index is 11.2. The lowest BCUT2D eigenvalue weighted by molar-refractivity contribution is -0.136. The van der Waals surface area contributed by atoms with Crippen LogP contribution in [-0.2, 0) is 16.1 Å². The molecule has 7 heteroatoms. The van der Waals surface area contributed by atoms with E-state index < -0.39 is 5.97 Å². The van der Waals surface area contributed by atoms with Crippen molar-refractivity contribution in [2.75, 3.05) is 7.11 Å². The molecule has 0 aromatic carbocycles. The maximum Gasteiger partial charge on any atom is 0.334 e. The molecule has 0 aliphatic rings. The van der Waals surface area contributed by atoms with E-state index in [1.54, 1.807) is 4.57 Å².